The molecule has 0 spiro atoms. The van der Waals surface area contributed by atoms with Crippen molar-refractivity contribution in [1.82, 2.24) is 24.4 Å². The van der Waals surface area contributed by atoms with Gasteiger partial charge in [0, 0.05) is 6.54 Å². The monoisotopic (exact) mass is 276 g/mol. The van der Waals surface area contributed by atoms with E-state index in [0.29, 0.717) is 17.7 Å². The molecule has 0 aliphatic carbocycles. The molecule has 2 N–H and O–H groups in total. The van der Waals surface area contributed by atoms with Crippen molar-refractivity contribution in [1.29, 1.82) is 0 Å². The maximum Gasteiger partial charge on any atom is 0.243 e. The third-order valence-electron chi connectivity index (χ3n) is 2.88. The van der Waals surface area contributed by atoms with E-state index in [-0.39, 0.29) is 30.6 Å². The first-order valence-corrected chi connectivity index (χ1v) is 6.21. The number of anilines is 1. The van der Waals surface area contributed by atoms with Crippen LogP contribution in [0, 0.1) is 0 Å². The summed E-state index contributed by atoms with van der Waals surface area (Å²) < 4.78 is 1.60. The van der Waals surface area contributed by atoms with Gasteiger partial charge in [-0.05, 0) is 13.8 Å². The van der Waals surface area contributed by atoms with Gasteiger partial charge in [-0.15, -0.1) is 0 Å². The summed E-state index contributed by atoms with van der Waals surface area (Å²) in [4.78, 5) is 36.8. The molecule has 0 bridgehead atoms. The molecule has 2 aromatic rings. The number of carbonyl (C=O) groups excluding carboxylic acids is 2. The number of nitrogen functional groups attached to an aromatic ring is 1. The Hall–Kier alpha value is -2.51. The molecule has 2 aromatic heterocycles. The number of Topliss-reactive ketones (excluding diaryl/α,β-unsaturated/α-hetero) is 1. The zero-order valence-electron chi connectivity index (χ0n) is 11.4. The van der Waals surface area contributed by atoms with E-state index < -0.39 is 0 Å². The molecule has 0 saturated carbocycles. The minimum atomic E-state index is -0.167. The molecule has 20 heavy (non-hydrogen) atoms. The molecule has 0 atom stereocenters. The normalized spacial score (nSPS) is 10.7. The Morgan fingerprint density at radius 2 is 2.10 bits per heavy atom. The quantitative estimate of drug-likeness (QED) is 0.813. The number of rotatable bonds is 5. The molecular weight excluding hydrogens is 260 g/mol. The lowest BCUT2D eigenvalue weighted by Gasteiger charge is -2.19. The highest BCUT2D eigenvalue weighted by Crippen LogP contribution is 2.14. The van der Waals surface area contributed by atoms with Gasteiger partial charge in [0.25, 0.3) is 0 Å². The Balaban J connectivity index is 2.21. The molecule has 2 rings (SSSR count). The molecule has 0 saturated heterocycles. The number of likely N-dealkylation sites (N-methyl/N-ethyl adjacent to an activating group) is 1. The molecular formula is C12H16N6O2. The van der Waals surface area contributed by atoms with Crippen LogP contribution in [0.5, 0.6) is 0 Å². The van der Waals surface area contributed by atoms with Gasteiger partial charge in [0.2, 0.25) is 5.91 Å². The fraction of sp³-hybridized carbons (Fsp3) is 0.417. The number of hydrogen-bond donors (Lipinski definition) is 1. The van der Waals surface area contributed by atoms with Crippen molar-refractivity contribution >= 4 is 28.7 Å². The number of carbonyl (C=O) groups is 2. The van der Waals surface area contributed by atoms with Crippen molar-refractivity contribution in [2.45, 2.75) is 20.4 Å². The lowest BCUT2D eigenvalue weighted by Crippen LogP contribution is -2.37. The molecule has 8 nitrogen and oxygen atoms in total. The second-order valence-electron chi connectivity index (χ2n) is 4.41. The lowest BCUT2D eigenvalue weighted by molar-refractivity contribution is -0.135. The molecule has 2 heterocycles. The highest BCUT2D eigenvalue weighted by molar-refractivity contribution is 5.86. The van der Waals surface area contributed by atoms with Crippen LogP contribution < -0.4 is 5.73 Å². The summed E-state index contributed by atoms with van der Waals surface area (Å²) in [6.07, 6.45) is 2.82. The largest absolute Gasteiger partial charge is 0.382 e. The minimum Gasteiger partial charge on any atom is -0.382 e. The molecule has 1 amide bonds. The van der Waals surface area contributed by atoms with E-state index in [0.717, 1.165) is 0 Å². The maximum absolute atomic E-state index is 12.2. The smallest absolute Gasteiger partial charge is 0.243 e. The molecule has 0 fully saturated rings. The van der Waals surface area contributed by atoms with Crippen molar-refractivity contribution < 1.29 is 9.59 Å². The van der Waals surface area contributed by atoms with E-state index in [1.54, 1.807) is 4.57 Å². The van der Waals surface area contributed by atoms with Gasteiger partial charge >= 0.3 is 0 Å². The summed E-state index contributed by atoms with van der Waals surface area (Å²) in [7, 11) is 0. The number of ketones is 1. The molecule has 0 unspecified atom stereocenters. The number of imidazole rings is 1. The Morgan fingerprint density at radius 1 is 1.35 bits per heavy atom. The zero-order chi connectivity index (χ0) is 14.7. The van der Waals surface area contributed by atoms with Crippen LogP contribution in [0.25, 0.3) is 11.2 Å². The topological polar surface area (TPSA) is 107 Å². The van der Waals surface area contributed by atoms with Crippen LogP contribution in [0.15, 0.2) is 12.7 Å². The first kappa shape index (κ1) is 13.9. The van der Waals surface area contributed by atoms with Crippen LogP contribution in [-0.2, 0) is 16.1 Å². The average Bonchev–Trinajstić information content (AvgIpc) is 2.80. The fourth-order valence-electron chi connectivity index (χ4n) is 1.91. The van der Waals surface area contributed by atoms with E-state index in [2.05, 4.69) is 15.0 Å². The Bertz CT molecular complexity index is 650. The molecule has 0 radical (unpaired) electrons. The molecule has 0 aliphatic heterocycles. The van der Waals surface area contributed by atoms with Gasteiger partial charge in [0.05, 0.1) is 12.9 Å². The van der Waals surface area contributed by atoms with Gasteiger partial charge in [0.1, 0.15) is 24.2 Å². The number of nitrogens with zero attached hydrogens (tertiary/aromatic N) is 5. The molecule has 0 aliphatic rings. The van der Waals surface area contributed by atoms with Gasteiger partial charge in [0.15, 0.2) is 11.5 Å². The van der Waals surface area contributed by atoms with Crippen molar-refractivity contribution in [3.8, 4) is 0 Å². The summed E-state index contributed by atoms with van der Waals surface area (Å²) in [5.41, 5.74) is 6.66. The summed E-state index contributed by atoms with van der Waals surface area (Å²) >= 11 is 0. The van der Waals surface area contributed by atoms with Crippen LogP contribution in [0.2, 0.25) is 0 Å². The van der Waals surface area contributed by atoms with Crippen LogP contribution in [0.1, 0.15) is 13.8 Å². The third kappa shape index (κ3) is 2.73. The number of hydrogen-bond acceptors (Lipinski definition) is 6. The van der Waals surface area contributed by atoms with E-state index in [1.807, 2.05) is 6.92 Å². The van der Waals surface area contributed by atoms with Gasteiger partial charge in [-0.25, -0.2) is 15.0 Å². The standard InChI is InChI=1S/C12H16N6O2/c1-3-17(4-8(2)19)9(20)5-18-7-16-10-11(13)14-6-15-12(10)18/h6-7H,3-5H2,1-2H3,(H2,13,14,15). The number of nitrogens with two attached hydrogens (primary N) is 1. The van der Waals surface area contributed by atoms with Gasteiger partial charge < -0.3 is 15.2 Å². The Morgan fingerprint density at radius 3 is 2.75 bits per heavy atom. The second kappa shape index (κ2) is 5.64. The third-order valence-corrected chi connectivity index (χ3v) is 2.88. The first-order chi connectivity index (χ1) is 9.52. The molecule has 8 heteroatoms. The summed E-state index contributed by atoms with van der Waals surface area (Å²) in [6, 6.07) is 0. The van der Waals surface area contributed by atoms with Crippen LogP contribution >= 0.6 is 0 Å². The molecule has 106 valence electrons. The first-order valence-electron chi connectivity index (χ1n) is 6.21. The van der Waals surface area contributed by atoms with Crippen LogP contribution in [0.4, 0.5) is 5.82 Å². The SMILES string of the molecule is CCN(CC(C)=O)C(=O)Cn1cnc2c(N)ncnc21. The predicted molar refractivity (Wildman–Crippen MR) is 72.7 cm³/mol. The summed E-state index contributed by atoms with van der Waals surface area (Å²) in [6.45, 7) is 3.93. The van der Waals surface area contributed by atoms with E-state index in [4.69, 9.17) is 5.73 Å². The Kier molecular flexibility index (Phi) is 3.92. The summed E-state index contributed by atoms with van der Waals surface area (Å²) in [5.74, 6) is 0.0544. The Labute approximate surface area is 115 Å². The number of aromatic nitrogens is 4. The average molecular weight is 276 g/mol. The van der Waals surface area contributed by atoms with Crippen molar-refractivity contribution in [2.24, 2.45) is 0 Å². The highest BCUT2D eigenvalue weighted by atomic mass is 16.2. The van der Waals surface area contributed by atoms with Crippen LogP contribution in [0.3, 0.4) is 0 Å². The van der Waals surface area contributed by atoms with Crippen molar-refractivity contribution in [2.75, 3.05) is 18.8 Å². The molecule has 0 aromatic carbocycles. The van der Waals surface area contributed by atoms with Crippen LogP contribution in [-0.4, -0.2) is 49.2 Å². The van der Waals surface area contributed by atoms with E-state index in [9.17, 15) is 9.59 Å². The highest BCUT2D eigenvalue weighted by Gasteiger charge is 2.16. The van der Waals surface area contributed by atoms with E-state index in [1.165, 1.54) is 24.5 Å². The maximum atomic E-state index is 12.2. The zero-order valence-corrected chi connectivity index (χ0v) is 11.4. The minimum absolute atomic E-state index is 0.0535. The summed E-state index contributed by atoms with van der Waals surface area (Å²) in [5, 5.41) is 0. The predicted octanol–water partition coefficient (Wildman–Crippen LogP) is -0.154. The van der Waals surface area contributed by atoms with Gasteiger partial charge in [-0.3, -0.25) is 9.59 Å². The van der Waals surface area contributed by atoms with Crippen molar-refractivity contribution in [3.05, 3.63) is 12.7 Å². The second-order valence-corrected chi connectivity index (χ2v) is 4.41. The lowest BCUT2D eigenvalue weighted by atomic mass is 10.3. The van der Waals surface area contributed by atoms with E-state index >= 15 is 0 Å². The fourth-order valence-corrected chi connectivity index (χ4v) is 1.91. The number of amides is 1. The van der Waals surface area contributed by atoms with Gasteiger partial charge in [-0.2, -0.15) is 0 Å². The van der Waals surface area contributed by atoms with Crippen molar-refractivity contribution in [3.63, 3.8) is 0 Å². The number of fused-ring (bicyclic) bond motifs is 1. The van der Waals surface area contributed by atoms with Gasteiger partial charge in [-0.1, -0.05) is 0 Å².